The zero-order valence-corrected chi connectivity index (χ0v) is 12.9. The zero-order chi connectivity index (χ0) is 15.3. The largest absolute Gasteiger partial charge is 0.462 e. The number of halogens is 2. The van der Waals surface area contributed by atoms with Crippen molar-refractivity contribution in [2.75, 3.05) is 12.3 Å². The number of rotatable bonds is 5. The summed E-state index contributed by atoms with van der Waals surface area (Å²) in [4.78, 5) is 11.8. The van der Waals surface area contributed by atoms with Crippen LogP contribution in [0.15, 0.2) is 12.1 Å². The minimum Gasteiger partial charge on any atom is -0.462 e. The normalized spacial score (nSPS) is 10.9. The van der Waals surface area contributed by atoms with E-state index in [-0.39, 0.29) is 27.9 Å². The molecule has 2 N–H and O–H groups in total. The third-order valence-electron chi connectivity index (χ3n) is 2.77. The molecule has 0 saturated carbocycles. The molecule has 0 bridgehead atoms. The molecule has 0 spiro atoms. The summed E-state index contributed by atoms with van der Waals surface area (Å²) in [6.45, 7) is 3.92. The average Bonchev–Trinajstić information content (AvgIpc) is 2.40. The Labute approximate surface area is 128 Å². The van der Waals surface area contributed by atoms with Crippen molar-refractivity contribution in [3.8, 4) is 6.07 Å². The number of nitrogen functional groups attached to an aromatic ring is 1. The molecule has 0 heterocycles. The molecule has 0 unspecified atom stereocenters. The first-order chi connectivity index (χ1) is 9.26. The highest BCUT2D eigenvalue weighted by molar-refractivity contribution is 6.43. The number of hydrogen-bond donors (Lipinski definition) is 1. The Bertz CT molecular complexity index is 528. The highest BCUT2D eigenvalue weighted by Crippen LogP contribution is 2.29. The molecule has 0 atom stereocenters. The lowest BCUT2D eigenvalue weighted by Crippen LogP contribution is -2.12. The van der Waals surface area contributed by atoms with Gasteiger partial charge in [0.25, 0.3) is 0 Å². The first-order valence-electron chi connectivity index (χ1n) is 6.10. The molecule has 20 heavy (non-hydrogen) atoms. The number of esters is 1. The summed E-state index contributed by atoms with van der Waals surface area (Å²) in [5.41, 5.74) is 5.71. The monoisotopic (exact) mass is 314 g/mol. The van der Waals surface area contributed by atoms with Crippen LogP contribution in [-0.4, -0.2) is 12.6 Å². The summed E-state index contributed by atoms with van der Waals surface area (Å²) in [5.74, 6) is -0.509. The highest BCUT2D eigenvalue weighted by atomic mass is 35.5. The number of anilines is 1. The SMILES string of the molecule is CC(C)(C#N)CCCOC(=O)c1cc(N)c(Cl)c(Cl)c1. The van der Waals surface area contributed by atoms with Crippen molar-refractivity contribution >= 4 is 34.9 Å². The first-order valence-corrected chi connectivity index (χ1v) is 6.85. The van der Waals surface area contributed by atoms with Crippen LogP contribution in [0.1, 0.15) is 37.0 Å². The minimum atomic E-state index is -0.509. The first kappa shape index (κ1) is 16.6. The molecule has 0 aliphatic heterocycles. The number of hydrogen-bond acceptors (Lipinski definition) is 4. The number of nitriles is 1. The van der Waals surface area contributed by atoms with E-state index >= 15 is 0 Å². The van der Waals surface area contributed by atoms with E-state index < -0.39 is 11.4 Å². The van der Waals surface area contributed by atoms with Crippen LogP contribution in [0.2, 0.25) is 10.0 Å². The molecule has 4 nitrogen and oxygen atoms in total. The second kappa shape index (κ2) is 6.83. The van der Waals surface area contributed by atoms with Gasteiger partial charge in [-0.3, -0.25) is 0 Å². The van der Waals surface area contributed by atoms with Gasteiger partial charge in [-0.25, -0.2) is 4.79 Å². The second-order valence-corrected chi connectivity index (χ2v) is 5.88. The maximum Gasteiger partial charge on any atom is 0.338 e. The van der Waals surface area contributed by atoms with Crippen molar-refractivity contribution in [1.82, 2.24) is 0 Å². The lowest BCUT2D eigenvalue weighted by atomic mass is 9.90. The highest BCUT2D eigenvalue weighted by Gasteiger charge is 2.17. The Hall–Kier alpha value is -1.44. The fraction of sp³-hybridized carbons (Fsp3) is 0.429. The molecule has 0 aliphatic carbocycles. The van der Waals surface area contributed by atoms with Crippen molar-refractivity contribution in [2.45, 2.75) is 26.7 Å². The zero-order valence-electron chi connectivity index (χ0n) is 11.4. The van der Waals surface area contributed by atoms with Crippen molar-refractivity contribution in [3.05, 3.63) is 27.7 Å². The number of nitrogens with zero attached hydrogens (tertiary/aromatic N) is 1. The fourth-order valence-electron chi connectivity index (χ4n) is 1.55. The van der Waals surface area contributed by atoms with Gasteiger partial charge in [-0.1, -0.05) is 23.2 Å². The van der Waals surface area contributed by atoms with Gasteiger partial charge in [-0.05, 0) is 38.8 Å². The molecule has 0 aromatic heterocycles. The predicted molar refractivity (Wildman–Crippen MR) is 79.8 cm³/mol. The molecular formula is C14H16Cl2N2O2. The van der Waals surface area contributed by atoms with E-state index in [2.05, 4.69) is 6.07 Å². The molecule has 0 fully saturated rings. The molecule has 108 valence electrons. The summed E-state index contributed by atoms with van der Waals surface area (Å²) >= 11 is 11.7. The number of carbonyl (C=O) groups excluding carboxylic acids is 1. The Morgan fingerprint density at radius 2 is 2.10 bits per heavy atom. The minimum absolute atomic E-state index is 0.212. The van der Waals surface area contributed by atoms with Crippen molar-refractivity contribution in [1.29, 1.82) is 5.26 Å². The summed E-state index contributed by atoms with van der Waals surface area (Å²) in [6, 6.07) is 5.04. The third-order valence-corrected chi connectivity index (χ3v) is 3.59. The van der Waals surface area contributed by atoms with Gasteiger partial charge in [0.05, 0.1) is 39.4 Å². The lowest BCUT2D eigenvalue weighted by Gasteiger charge is -2.14. The molecule has 6 heteroatoms. The molecule has 0 radical (unpaired) electrons. The third kappa shape index (κ3) is 4.59. The van der Waals surface area contributed by atoms with Gasteiger partial charge in [0.15, 0.2) is 0 Å². The quantitative estimate of drug-likeness (QED) is 0.505. The summed E-state index contributed by atoms with van der Waals surface area (Å²) in [5, 5.41) is 9.30. The summed E-state index contributed by atoms with van der Waals surface area (Å²) in [6.07, 6.45) is 1.27. The van der Waals surface area contributed by atoms with Gasteiger partial charge in [-0.15, -0.1) is 0 Å². The van der Waals surface area contributed by atoms with E-state index in [1.54, 1.807) is 0 Å². The van der Waals surface area contributed by atoms with Gasteiger partial charge < -0.3 is 10.5 Å². The molecular weight excluding hydrogens is 299 g/mol. The molecule has 1 rings (SSSR count). The predicted octanol–water partition coefficient (Wildman–Crippen LogP) is 4.06. The van der Waals surface area contributed by atoms with E-state index in [1.807, 2.05) is 13.8 Å². The molecule has 0 saturated heterocycles. The van der Waals surface area contributed by atoms with Gasteiger partial charge in [0.2, 0.25) is 0 Å². The smallest absolute Gasteiger partial charge is 0.338 e. The molecule has 0 amide bonds. The van der Waals surface area contributed by atoms with Gasteiger partial charge in [0.1, 0.15) is 0 Å². The molecule has 1 aromatic carbocycles. The number of nitrogens with two attached hydrogens (primary N) is 1. The number of ether oxygens (including phenoxy) is 1. The topological polar surface area (TPSA) is 76.1 Å². The van der Waals surface area contributed by atoms with E-state index in [0.717, 1.165) is 0 Å². The summed E-state index contributed by atoms with van der Waals surface area (Å²) < 4.78 is 5.11. The Morgan fingerprint density at radius 1 is 1.45 bits per heavy atom. The van der Waals surface area contributed by atoms with E-state index in [0.29, 0.717) is 12.8 Å². The maximum atomic E-state index is 11.8. The van der Waals surface area contributed by atoms with Crippen LogP contribution in [0.25, 0.3) is 0 Å². The van der Waals surface area contributed by atoms with Crippen molar-refractivity contribution < 1.29 is 9.53 Å². The molecule has 1 aromatic rings. The van der Waals surface area contributed by atoms with Crippen LogP contribution in [0.4, 0.5) is 5.69 Å². The van der Waals surface area contributed by atoms with E-state index in [4.69, 9.17) is 38.9 Å². The van der Waals surface area contributed by atoms with Crippen LogP contribution < -0.4 is 5.73 Å². The van der Waals surface area contributed by atoms with E-state index in [1.165, 1.54) is 12.1 Å². The van der Waals surface area contributed by atoms with Gasteiger partial charge >= 0.3 is 5.97 Å². The van der Waals surface area contributed by atoms with Gasteiger partial charge in [0, 0.05) is 0 Å². The summed E-state index contributed by atoms with van der Waals surface area (Å²) in [7, 11) is 0. The Kier molecular flexibility index (Phi) is 5.67. The average molecular weight is 315 g/mol. The van der Waals surface area contributed by atoms with Crippen LogP contribution in [0, 0.1) is 16.7 Å². The Morgan fingerprint density at radius 3 is 2.65 bits per heavy atom. The Balaban J connectivity index is 2.55. The van der Waals surface area contributed by atoms with Gasteiger partial charge in [-0.2, -0.15) is 5.26 Å². The van der Waals surface area contributed by atoms with E-state index in [9.17, 15) is 4.79 Å². The number of benzene rings is 1. The van der Waals surface area contributed by atoms with Crippen LogP contribution in [0.3, 0.4) is 0 Å². The second-order valence-electron chi connectivity index (χ2n) is 5.10. The van der Waals surface area contributed by atoms with Crippen molar-refractivity contribution in [2.24, 2.45) is 5.41 Å². The van der Waals surface area contributed by atoms with Crippen molar-refractivity contribution in [3.63, 3.8) is 0 Å². The number of carbonyl (C=O) groups is 1. The van der Waals surface area contributed by atoms with Crippen LogP contribution in [0.5, 0.6) is 0 Å². The van der Waals surface area contributed by atoms with Crippen LogP contribution >= 0.6 is 23.2 Å². The maximum absolute atomic E-state index is 11.8. The lowest BCUT2D eigenvalue weighted by molar-refractivity contribution is 0.0491. The standard InChI is InChI=1S/C14H16Cl2N2O2/c1-14(2,8-17)4-3-5-20-13(19)9-6-10(15)12(16)11(18)7-9/h6-7H,3-5,18H2,1-2H3. The van der Waals surface area contributed by atoms with Crippen LogP contribution in [-0.2, 0) is 4.74 Å². The molecule has 0 aliphatic rings. The fourth-order valence-corrected chi connectivity index (χ4v) is 1.88.